The average Bonchev–Trinajstić information content (AvgIpc) is 2.49. The molecule has 8 heteroatoms. The van der Waals surface area contributed by atoms with Crippen molar-refractivity contribution in [3.8, 4) is 5.75 Å². The van der Waals surface area contributed by atoms with E-state index in [9.17, 15) is 13.2 Å². The number of hydrogen-bond donors (Lipinski definition) is 1. The molecule has 0 bridgehead atoms. The molecule has 1 fully saturated rings. The number of carbonyl (C=O) groups excluding carboxylic acids is 1. The van der Waals surface area contributed by atoms with Crippen LogP contribution in [0.1, 0.15) is 19.8 Å². The van der Waals surface area contributed by atoms with Crippen LogP contribution in [-0.4, -0.2) is 50.1 Å². The Balaban J connectivity index is 1.81. The van der Waals surface area contributed by atoms with Gasteiger partial charge < -0.3 is 10.1 Å². The summed E-state index contributed by atoms with van der Waals surface area (Å²) < 4.78 is 29.9. The lowest BCUT2D eigenvalue weighted by Crippen LogP contribution is -2.49. The number of hydrogen-bond acceptors (Lipinski definition) is 4. The molecule has 1 aromatic carbocycles. The second-order valence-electron chi connectivity index (χ2n) is 5.66. The second kappa shape index (κ2) is 7.51. The molecule has 1 unspecified atom stereocenters. The van der Waals surface area contributed by atoms with E-state index in [1.807, 2.05) is 0 Å². The maximum Gasteiger partial charge on any atom is 0.260 e. The van der Waals surface area contributed by atoms with Gasteiger partial charge >= 0.3 is 0 Å². The van der Waals surface area contributed by atoms with Crippen LogP contribution in [0.15, 0.2) is 24.3 Å². The van der Waals surface area contributed by atoms with E-state index in [1.165, 1.54) is 10.6 Å². The molecule has 1 atom stereocenters. The number of halogens is 1. The highest BCUT2D eigenvalue weighted by Crippen LogP contribution is 2.17. The van der Waals surface area contributed by atoms with E-state index in [0.717, 1.165) is 0 Å². The maximum atomic E-state index is 12.2. The quantitative estimate of drug-likeness (QED) is 0.866. The van der Waals surface area contributed by atoms with Crippen molar-refractivity contribution in [2.24, 2.45) is 0 Å². The van der Waals surface area contributed by atoms with Crippen molar-refractivity contribution in [1.29, 1.82) is 0 Å². The van der Waals surface area contributed by atoms with E-state index in [4.69, 9.17) is 16.3 Å². The number of nitrogens with one attached hydrogen (secondary N) is 1. The monoisotopic (exact) mass is 360 g/mol. The molecule has 0 saturated carbocycles. The topological polar surface area (TPSA) is 75.7 Å². The van der Waals surface area contributed by atoms with E-state index < -0.39 is 16.1 Å². The van der Waals surface area contributed by atoms with Crippen LogP contribution in [0.3, 0.4) is 0 Å². The zero-order chi connectivity index (χ0) is 17.0. The number of amides is 1. The third-order valence-corrected chi connectivity index (χ3v) is 5.32. The van der Waals surface area contributed by atoms with Gasteiger partial charge in [-0.2, -0.15) is 0 Å². The summed E-state index contributed by atoms with van der Waals surface area (Å²) in [6, 6.07) is 6.77. The molecule has 2 rings (SSSR count). The molecule has 0 aromatic heterocycles. The van der Waals surface area contributed by atoms with Crippen molar-refractivity contribution in [3.05, 3.63) is 29.3 Å². The molecule has 0 spiro atoms. The summed E-state index contributed by atoms with van der Waals surface area (Å²) in [6.07, 6.45) is 1.77. The van der Waals surface area contributed by atoms with Crippen LogP contribution >= 0.6 is 11.6 Å². The molecule has 0 aliphatic carbocycles. The van der Waals surface area contributed by atoms with Gasteiger partial charge in [0.25, 0.3) is 5.91 Å². The fourth-order valence-electron chi connectivity index (χ4n) is 2.42. The summed E-state index contributed by atoms with van der Waals surface area (Å²) in [6.45, 7) is 2.53. The van der Waals surface area contributed by atoms with Crippen LogP contribution in [0.5, 0.6) is 5.75 Å². The first-order chi connectivity index (χ1) is 10.8. The van der Waals surface area contributed by atoms with Crippen LogP contribution in [-0.2, 0) is 14.8 Å². The summed E-state index contributed by atoms with van der Waals surface area (Å²) in [5, 5.41) is 3.51. The van der Waals surface area contributed by atoms with Gasteiger partial charge in [-0.05, 0) is 44.0 Å². The molecular formula is C15H21ClN2O4S. The van der Waals surface area contributed by atoms with E-state index in [1.54, 1.807) is 31.2 Å². The zero-order valence-electron chi connectivity index (χ0n) is 13.2. The number of ether oxygens (including phenoxy) is 1. The molecule has 6 nitrogen and oxygen atoms in total. The first-order valence-electron chi connectivity index (χ1n) is 7.43. The largest absolute Gasteiger partial charge is 0.481 e. The molecule has 23 heavy (non-hydrogen) atoms. The summed E-state index contributed by atoms with van der Waals surface area (Å²) in [5.74, 6) is 0.363. The summed E-state index contributed by atoms with van der Waals surface area (Å²) in [7, 11) is -3.15. The van der Waals surface area contributed by atoms with Crippen LogP contribution in [0, 0.1) is 0 Å². The Labute approximate surface area is 141 Å². The molecule has 128 valence electrons. The number of piperidine rings is 1. The van der Waals surface area contributed by atoms with Gasteiger partial charge in [-0.15, -0.1) is 0 Å². The molecule has 1 amide bonds. The predicted octanol–water partition coefficient (Wildman–Crippen LogP) is 1.65. The third kappa shape index (κ3) is 5.37. The fourth-order valence-corrected chi connectivity index (χ4v) is 3.42. The highest BCUT2D eigenvalue weighted by Gasteiger charge is 2.27. The fraction of sp³-hybridized carbons (Fsp3) is 0.533. The van der Waals surface area contributed by atoms with Gasteiger partial charge in [-0.25, -0.2) is 12.7 Å². The number of carbonyl (C=O) groups is 1. The van der Waals surface area contributed by atoms with Gasteiger partial charge in [0, 0.05) is 24.2 Å². The maximum absolute atomic E-state index is 12.2. The third-order valence-electron chi connectivity index (χ3n) is 3.77. The Hall–Kier alpha value is -1.31. The Morgan fingerprint density at radius 2 is 1.87 bits per heavy atom. The summed E-state index contributed by atoms with van der Waals surface area (Å²) >= 11 is 5.80. The Kier molecular flexibility index (Phi) is 5.89. The summed E-state index contributed by atoms with van der Waals surface area (Å²) in [5.41, 5.74) is 0. The number of nitrogens with zero attached hydrogens (tertiary/aromatic N) is 1. The first kappa shape index (κ1) is 18.0. The Morgan fingerprint density at radius 3 is 2.39 bits per heavy atom. The van der Waals surface area contributed by atoms with E-state index in [0.29, 0.717) is 36.7 Å². The standard InChI is InChI=1S/C15H21ClN2O4S/c1-11(22-14-5-3-12(16)4-6-14)15(19)17-13-7-9-18(10-8-13)23(2,20)21/h3-6,11,13H,7-10H2,1-2H3,(H,17,19). The van der Waals surface area contributed by atoms with Gasteiger partial charge in [0.2, 0.25) is 10.0 Å². The molecule has 1 aromatic rings. The number of rotatable bonds is 5. The number of sulfonamides is 1. The average molecular weight is 361 g/mol. The lowest BCUT2D eigenvalue weighted by Gasteiger charge is -2.31. The highest BCUT2D eigenvalue weighted by atomic mass is 35.5. The predicted molar refractivity (Wildman–Crippen MR) is 89.1 cm³/mol. The molecule has 1 N–H and O–H groups in total. The van der Waals surface area contributed by atoms with Crippen LogP contribution < -0.4 is 10.1 Å². The SMILES string of the molecule is CC(Oc1ccc(Cl)cc1)C(=O)NC1CCN(S(C)(=O)=O)CC1. The van der Waals surface area contributed by atoms with Crippen molar-refractivity contribution in [1.82, 2.24) is 9.62 Å². The van der Waals surface area contributed by atoms with Crippen molar-refractivity contribution < 1.29 is 17.9 Å². The molecule has 1 saturated heterocycles. The van der Waals surface area contributed by atoms with Gasteiger partial charge in [0.05, 0.1) is 6.26 Å². The highest BCUT2D eigenvalue weighted by molar-refractivity contribution is 7.88. The molecule has 1 aliphatic rings. The Morgan fingerprint density at radius 1 is 1.30 bits per heavy atom. The minimum absolute atomic E-state index is 0.0308. The molecule has 0 radical (unpaired) electrons. The summed E-state index contributed by atoms with van der Waals surface area (Å²) in [4.78, 5) is 12.2. The smallest absolute Gasteiger partial charge is 0.260 e. The van der Waals surface area contributed by atoms with Crippen LogP contribution in [0.2, 0.25) is 5.02 Å². The van der Waals surface area contributed by atoms with Gasteiger partial charge in [0.15, 0.2) is 6.10 Å². The van der Waals surface area contributed by atoms with Crippen molar-refractivity contribution >= 4 is 27.5 Å². The van der Waals surface area contributed by atoms with Crippen molar-refractivity contribution in [2.45, 2.75) is 31.9 Å². The normalized spacial score (nSPS) is 18.4. The number of benzene rings is 1. The minimum atomic E-state index is -3.15. The minimum Gasteiger partial charge on any atom is -0.481 e. The Bertz CT molecular complexity index is 640. The van der Waals surface area contributed by atoms with Crippen molar-refractivity contribution in [2.75, 3.05) is 19.3 Å². The molecule has 1 aliphatic heterocycles. The van der Waals surface area contributed by atoms with E-state index in [2.05, 4.69) is 5.32 Å². The molecular weight excluding hydrogens is 340 g/mol. The van der Waals surface area contributed by atoms with Crippen LogP contribution in [0.25, 0.3) is 0 Å². The second-order valence-corrected chi connectivity index (χ2v) is 8.08. The lowest BCUT2D eigenvalue weighted by atomic mass is 10.1. The van der Waals surface area contributed by atoms with Gasteiger partial charge in [-0.3, -0.25) is 4.79 Å². The molecule has 1 heterocycles. The van der Waals surface area contributed by atoms with Gasteiger partial charge in [0.1, 0.15) is 5.75 Å². The lowest BCUT2D eigenvalue weighted by molar-refractivity contribution is -0.128. The van der Waals surface area contributed by atoms with E-state index >= 15 is 0 Å². The zero-order valence-corrected chi connectivity index (χ0v) is 14.7. The van der Waals surface area contributed by atoms with E-state index in [-0.39, 0.29) is 11.9 Å². The first-order valence-corrected chi connectivity index (χ1v) is 9.66. The van der Waals surface area contributed by atoms with Crippen LogP contribution in [0.4, 0.5) is 0 Å². The van der Waals surface area contributed by atoms with Crippen molar-refractivity contribution in [3.63, 3.8) is 0 Å². The van der Waals surface area contributed by atoms with Gasteiger partial charge in [-0.1, -0.05) is 11.6 Å².